The molecule has 0 saturated carbocycles. The lowest BCUT2D eigenvalue weighted by molar-refractivity contribution is 0.0844. The molecule has 4 aromatic rings. The van der Waals surface area contributed by atoms with E-state index in [2.05, 4.69) is 47.2 Å². The second-order valence-electron chi connectivity index (χ2n) is 6.35. The van der Waals surface area contributed by atoms with Crippen molar-refractivity contribution in [3.05, 3.63) is 88.2 Å². The number of nitrogens with one attached hydrogen (secondary N) is 3. The number of H-pyrrole nitrogens is 1. The molecule has 2 amide bonds. The zero-order valence-electron chi connectivity index (χ0n) is 15.5. The van der Waals surface area contributed by atoms with Crippen molar-refractivity contribution in [2.75, 3.05) is 0 Å². The molecule has 0 aliphatic heterocycles. The summed E-state index contributed by atoms with van der Waals surface area (Å²) in [5, 5.41) is 12.5. The van der Waals surface area contributed by atoms with Crippen LogP contribution in [0.3, 0.4) is 0 Å². The zero-order valence-corrected chi connectivity index (χ0v) is 17.1. The Morgan fingerprint density at radius 2 is 1.73 bits per heavy atom. The lowest BCUT2D eigenvalue weighted by atomic mass is 10.1. The highest BCUT2D eigenvalue weighted by molar-refractivity contribution is 9.10. The number of benzene rings is 2. The van der Waals surface area contributed by atoms with Crippen molar-refractivity contribution in [3.63, 3.8) is 0 Å². The van der Waals surface area contributed by atoms with Crippen molar-refractivity contribution in [3.8, 4) is 11.4 Å². The van der Waals surface area contributed by atoms with Gasteiger partial charge in [0, 0.05) is 21.8 Å². The van der Waals surface area contributed by atoms with Crippen LogP contribution in [0.25, 0.3) is 11.4 Å². The Bertz CT molecular complexity index is 1170. The second-order valence-corrected chi connectivity index (χ2v) is 7.26. The van der Waals surface area contributed by atoms with Crippen molar-refractivity contribution in [1.29, 1.82) is 0 Å². The Labute approximate surface area is 179 Å². The lowest BCUT2D eigenvalue weighted by Gasteiger charge is -2.07. The summed E-state index contributed by atoms with van der Waals surface area (Å²) in [7, 11) is 0. The lowest BCUT2D eigenvalue weighted by Crippen LogP contribution is -2.41. The van der Waals surface area contributed by atoms with Crippen LogP contribution in [0.1, 0.15) is 26.4 Å². The second kappa shape index (κ2) is 8.70. The summed E-state index contributed by atoms with van der Waals surface area (Å²) < 4.78 is 0.743. The van der Waals surface area contributed by atoms with Crippen LogP contribution in [0.5, 0.6) is 0 Å². The Hall–Kier alpha value is -3.79. The fourth-order valence-corrected chi connectivity index (χ4v) is 3.03. The van der Waals surface area contributed by atoms with Gasteiger partial charge in [-0.05, 0) is 44.9 Å². The number of hydrogen-bond acceptors (Lipinski definition) is 5. The van der Waals surface area contributed by atoms with Crippen LogP contribution in [0.15, 0.2) is 71.3 Å². The summed E-state index contributed by atoms with van der Waals surface area (Å²) in [4.78, 5) is 28.5. The molecule has 30 heavy (non-hydrogen) atoms. The number of halogens is 1. The number of aromatic nitrogens is 5. The molecule has 2 heterocycles. The first-order valence-corrected chi connectivity index (χ1v) is 9.74. The molecule has 4 rings (SSSR count). The first kappa shape index (κ1) is 19.5. The van der Waals surface area contributed by atoms with Gasteiger partial charge >= 0.3 is 0 Å². The number of carbonyl (C=O) groups excluding carboxylic acids is 2. The van der Waals surface area contributed by atoms with E-state index in [1.165, 1.54) is 4.80 Å². The van der Waals surface area contributed by atoms with E-state index in [0.29, 0.717) is 23.6 Å². The van der Waals surface area contributed by atoms with Crippen LogP contribution >= 0.6 is 15.9 Å². The average molecular weight is 466 g/mol. The van der Waals surface area contributed by atoms with Gasteiger partial charge < -0.3 is 4.98 Å². The van der Waals surface area contributed by atoms with Gasteiger partial charge in [-0.1, -0.05) is 42.5 Å². The number of aromatic amines is 1. The molecule has 0 atom stereocenters. The van der Waals surface area contributed by atoms with Gasteiger partial charge in [-0.3, -0.25) is 20.4 Å². The quantitative estimate of drug-likeness (QED) is 0.391. The maximum Gasteiger partial charge on any atom is 0.286 e. The predicted molar refractivity (Wildman–Crippen MR) is 112 cm³/mol. The van der Waals surface area contributed by atoms with Crippen molar-refractivity contribution in [2.45, 2.75) is 6.54 Å². The van der Waals surface area contributed by atoms with Gasteiger partial charge in [0.2, 0.25) is 5.82 Å². The van der Waals surface area contributed by atoms with E-state index in [-0.39, 0.29) is 0 Å². The first-order valence-electron chi connectivity index (χ1n) is 8.95. The summed E-state index contributed by atoms with van der Waals surface area (Å²) in [5.74, 6) is -0.320. The maximum absolute atomic E-state index is 12.2. The summed E-state index contributed by atoms with van der Waals surface area (Å²) in [6.45, 7) is 0.417. The van der Waals surface area contributed by atoms with Crippen LogP contribution in [0.4, 0.5) is 0 Å². The first-order chi connectivity index (χ1) is 14.6. The minimum Gasteiger partial charge on any atom is -0.356 e. The molecule has 0 fully saturated rings. The average Bonchev–Trinajstić information content (AvgIpc) is 3.42. The number of nitrogens with zero attached hydrogens (tertiary/aromatic N) is 4. The van der Waals surface area contributed by atoms with E-state index >= 15 is 0 Å². The van der Waals surface area contributed by atoms with Gasteiger partial charge in [0.25, 0.3) is 11.8 Å². The number of hydrogen-bond donors (Lipinski definition) is 3. The van der Waals surface area contributed by atoms with Crippen molar-refractivity contribution in [2.24, 2.45) is 0 Å². The molecule has 0 radical (unpaired) electrons. The van der Waals surface area contributed by atoms with Crippen molar-refractivity contribution >= 4 is 27.7 Å². The smallest absolute Gasteiger partial charge is 0.286 e. The molecule has 0 spiro atoms. The number of tetrazole rings is 1. The molecule has 10 heteroatoms. The molecule has 0 aliphatic rings. The highest BCUT2D eigenvalue weighted by Crippen LogP contribution is 2.13. The highest BCUT2D eigenvalue weighted by Gasteiger charge is 2.11. The Kier molecular flexibility index (Phi) is 5.66. The molecule has 0 bridgehead atoms. The largest absolute Gasteiger partial charge is 0.356 e. The molecule has 2 aromatic carbocycles. The van der Waals surface area contributed by atoms with Gasteiger partial charge in [-0.15, -0.1) is 10.2 Å². The number of rotatable bonds is 5. The fourth-order valence-electron chi connectivity index (χ4n) is 2.69. The van der Waals surface area contributed by atoms with Gasteiger partial charge in [0.15, 0.2) is 0 Å². The minimum absolute atomic E-state index is 0.327. The fraction of sp³-hybridized carbons (Fsp3) is 0.0500. The van der Waals surface area contributed by atoms with Crippen LogP contribution in [-0.4, -0.2) is 37.0 Å². The predicted octanol–water partition coefficient (Wildman–Crippen LogP) is 2.55. The monoisotopic (exact) mass is 465 g/mol. The Balaban J connectivity index is 1.34. The molecule has 0 unspecified atom stereocenters. The topological polar surface area (TPSA) is 118 Å². The molecule has 0 aliphatic carbocycles. The van der Waals surface area contributed by atoms with E-state index in [9.17, 15) is 9.59 Å². The molecule has 3 N–H and O–H groups in total. The van der Waals surface area contributed by atoms with E-state index in [4.69, 9.17) is 0 Å². The van der Waals surface area contributed by atoms with Crippen molar-refractivity contribution < 1.29 is 9.59 Å². The van der Waals surface area contributed by atoms with Crippen LogP contribution in [0.2, 0.25) is 0 Å². The summed E-state index contributed by atoms with van der Waals surface area (Å²) in [5.41, 5.74) is 7.28. The number of carbonyl (C=O) groups is 2. The molecule has 0 saturated heterocycles. The third kappa shape index (κ3) is 4.61. The molecular formula is C20H16BrN7O2. The molecule has 9 nitrogen and oxygen atoms in total. The normalized spacial score (nSPS) is 10.6. The summed E-state index contributed by atoms with van der Waals surface area (Å²) in [6.07, 6.45) is 1.63. The van der Waals surface area contributed by atoms with Gasteiger partial charge in [-0.25, -0.2) is 0 Å². The van der Waals surface area contributed by atoms with Crippen LogP contribution in [0, 0.1) is 0 Å². The number of hydrazine groups is 1. The minimum atomic E-state index is -0.447. The SMILES string of the molecule is O=C(NNC(=O)c1cc(Br)c[nH]1)c1ccc(Cn2nnc(-c3ccccc3)n2)cc1. The summed E-state index contributed by atoms with van der Waals surface area (Å²) in [6, 6.07) is 18.1. The highest BCUT2D eigenvalue weighted by atomic mass is 79.9. The van der Waals surface area contributed by atoms with Crippen LogP contribution < -0.4 is 10.9 Å². The van der Waals surface area contributed by atoms with E-state index in [1.54, 1.807) is 36.5 Å². The van der Waals surface area contributed by atoms with Crippen molar-refractivity contribution in [1.82, 2.24) is 36.0 Å². The standard InChI is InChI=1S/C20H16BrN7O2/c21-16-10-17(22-11-16)20(30)25-24-19(29)15-8-6-13(7-9-15)12-28-26-18(23-27-28)14-4-2-1-3-5-14/h1-11,22H,12H2,(H,24,29)(H,25,30). The Morgan fingerprint density at radius 3 is 2.43 bits per heavy atom. The third-order valence-electron chi connectivity index (χ3n) is 4.21. The van der Waals surface area contributed by atoms with Gasteiger partial charge in [-0.2, -0.15) is 4.80 Å². The molecule has 150 valence electrons. The Morgan fingerprint density at radius 1 is 1.00 bits per heavy atom. The number of amides is 2. The van der Waals surface area contributed by atoms with E-state index in [1.807, 2.05) is 30.3 Å². The van der Waals surface area contributed by atoms with Crippen LogP contribution in [-0.2, 0) is 6.54 Å². The van der Waals surface area contributed by atoms with Gasteiger partial charge in [0.05, 0.1) is 6.54 Å². The van der Waals surface area contributed by atoms with Gasteiger partial charge in [0.1, 0.15) is 5.69 Å². The maximum atomic E-state index is 12.2. The zero-order chi connectivity index (χ0) is 20.9. The van der Waals surface area contributed by atoms with E-state index in [0.717, 1.165) is 15.6 Å². The van der Waals surface area contributed by atoms with E-state index < -0.39 is 11.8 Å². The summed E-state index contributed by atoms with van der Waals surface area (Å²) >= 11 is 3.25. The molecule has 2 aromatic heterocycles. The molecular weight excluding hydrogens is 450 g/mol. The third-order valence-corrected chi connectivity index (χ3v) is 4.66.